The summed E-state index contributed by atoms with van der Waals surface area (Å²) in [5, 5.41) is 11.3. The molecule has 10 nitrogen and oxygen atoms in total. The standard InChI is InChI=1S/C41H42N4O6/c1-51-33-18-16-28(17-19-33)23-35(44-40(50)41(20-21-41)45-37(47)32-24-30-14-8-9-15-31(30)25-32)38(48)43-34(22-27-10-4-2-5-11-27)36(46)39(49)42-26-29-12-6-3-7-13-29/h2-19,32,34-35H,20-26H2,1H3,(H,42,49)(H,43,48)(H,44,50)(H,45,47)/t34-,35-/m0/s1. The zero-order valence-corrected chi connectivity index (χ0v) is 28.5. The Kier molecular flexibility index (Phi) is 10.9. The fraction of sp³-hybridized carbons (Fsp3) is 0.293. The van der Waals surface area contributed by atoms with E-state index in [9.17, 15) is 24.0 Å². The molecule has 2 aliphatic rings. The van der Waals surface area contributed by atoms with E-state index in [0.29, 0.717) is 31.4 Å². The van der Waals surface area contributed by atoms with Crippen molar-refractivity contribution < 1.29 is 28.7 Å². The minimum Gasteiger partial charge on any atom is -0.497 e. The van der Waals surface area contributed by atoms with Gasteiger partial charge in [-0.3, -0.25) is 24.0 Å². The van der Waals surface area contributed by atoms with Gasteiger partial charge in [-0.15, -0.1) is 0 Å². The molecule has 10 heteroatoms. The number of Topliss-reactive ketones (excluding diaryl/α,β-unsaturated/α-hetero) is 1. The van der Waals surface area contributed by atoms with E-state index in [0.717, 1.165) is 27.8 Å². The average Bonchev–Trinajstić information content (AvgIpc) is 3.81. The van der Waals surface area contributed by atoms with Crippen LogP contribution < -0.4 is 26.0 Å². The Morgan fingerprint density at radius 2 is 1.24 bits per heavy atom. The van der Waals surface area contributed by atoms with Gasteiger partial charge in [0, 0.05) is 25.3 Å². The van der Waals surface area contributed by atoms with Crippen molar-refractivity contribution in [3.05, 3.63) is 137 Å². The van der Waals surface area contributed by atoms with Crippen LogP contribution in [0, 0.1) is 5.92 Å². The molecule has 4 amide bonds. The summed E-state index contributed by atoms with van der Waals surface area (Å²) in [7, 11) is 1.55. The number of benzene rings is 4. The fourth-order valence-corrected chi connectivity index (χ4v) is 6.47. The van der Waals surface area contributed by atoms with Gasteiger partial charge in [0.25, 0.3) is 5.91 Å². The molecule has 2 aliphatic carbocycles. The van der Waals surface area contributed by atoms with Crippen LogP contribution in [0.5, 0.6) is 5.75 Å². The maximum absolute atomic E-state index is 14.1. The van der Waals surface area contributed by atoms with Gasteiger partial charge in [-0.25, -0.2) is 0 Å². The van der Waals surface area contributed by atoms with Gasteiger partial charge in [0.2, 0.25) is 23.5 Å². The molecule has 4 aromatic carbocycles. The Hall–Kier alpha value is -5.77. The van der Waals surface area contributed by atoms with Crippen molar-refractivity contribution in [3.8, 4) is 5.75 Å². The highest BCUT2D eigenvalue weighted by molar-refractivity contribution is 6.38. The number of amides is 4. The third-order valence-corrected chi connectivity index (χ3v) is 9.62. The first kappa shape index (κ1) is 35.1. The van der Waals surface area contributed by atoms with Gasteiger partial charge in [-0.2, -0.15) is 0 Å². The lowest BCUT2D eigenvalue weighted by Gasteiger charge is -2.26. The van der Waals surface area contributed by atoms with Crippen molar-refractivity contribution in [3.63, 3.8) is 0 Å². The number of hydrogen-bond donors (Lipinski definition) is 4. The van der Waals surface area contributed by atoms with Gasteiger partial charge in [-0.1, -0.05) is 97.1 Å². The molecular formula is C41H42N4O6. The highest BCUT2D eigenvalue weighted by Crippen LogP contribution is 2.37. The third kappa shape index (κ3) is 8.88. The molecule has 4 N–H and O–H groups in total. The smallest absolute Gasteiger partial charge is 0.289 e. The molecule has 0 heterocycles. The first-order valence-corrected chi connectivity index (χ1v) is 17.3. The van der Waals surface area contributed by atoms with Gasteiger partial charge in [0.05, 0.1) is 7.11 Å². The fourth-order valence-electron chi connectivity index (χ4n) is 6.47. The highest BCUT2D eigenvalue weighted by atomic mass is 16.5. The van der Waals surface area contributed by atoms with Crippen LogP contribution in [0.1, 0.15) is 40.7 Å². The summed E-state index contributed by atoms with van der Waals surface area (Å²) in [6.45, 7) is 0.147. The van der Waals surface area contributed by atoms with E-state index in [1.54, 1.807) is 31.4 Å². The Bertz CT molecular complexity index is 1850. The Morgan fingerprint density at radius 1 is 0.686 bits per heavy atom. The third-order valence-electron chi connectivity index (χ3n) is 9.62. The number of carbonyl (C=O) groups excluding carboxylic acids is 5. The number of nitrogens with one attached hydrogen (secondary N) is 4. The number of carbonyl (C=O) groups is 5. The molecule has 1 fully saturated rings. The van der Waals surface area contributed by atoms with Crippen LogP contribution >= 0.6 is 0 Å². The summed E-state index contributed by atoms with van der Waals surface area (Å²) in [4.78, 5) is 68.1. The molecule has 1 saturated carbocycles. The van der Waals surface area contributed by atoms with Gasteiger partial charge >= 0.3 is 0 Å². The second kappa shape index (κ2) is 15.8. The quantitative estimate of drug-likeness (QED) is 0.141. The average molecular weight is 687 g/mol. The first-order valence-electron chi connectivity index (χ1n) is 17.3. The largest absolute Gasteiger partial charge is 0.497 e. The summed E-state index contributed by atoms with van der Waals surface area (Å²) >= 11 is 0. The molecule has 262 valence electrons. The number of hydrogen-bond acceptors (Lipinski definition) is 6. The van der Waals surface area contributed by atoms with Crippen LogP contribution in [0.25, 0.3) is 0 Å². The zero-order chi connectivity index (χ0) is 35.8. The number of rotatable bonds is 15. The Labute approximate surface area is 297 Å². The highest BCUT2D eigenvalue weighted by Gasteiger charge is 2.52. The number of methoxy groups -OCH3 is 1. The SMILES string of the molecule is COc1ccc(C[C@H](NC(=O)C2(NC(=O)C3Cc4ccccc4C3)CC2)C(=O)N[C@@H](Cc2ccccc2)C(=O)C(=O)NCc2ccccc2)cc1. The maximum atomic E-state index is 14.1. The van der Waals surface area contributed by atoms with Crippen LogP contribution in [0.2, 0.25) is 0 Å². The number of ether oxygens (including phenoxy) is 1. The lowest BCUT2D eigenvalue weighted by molar-refractivity contribution is -0.140. The van der Waals surface area contributed by atoms with Gasteiger partial charge in [0.1, 0.15) is 23.4 Å². The molecule has 0 saturated heterocycles. The van der Waals surface area contributed by atoms with Crippen LogP contribution in [-0.2, 0) is 56.2 Å². The summed E-state index contributed by atoms with van der Waals surface area (Å²) in [5.41, 5.74) is 3.45. The zero-order valence-electron chi connectivity index (χ0n) is 28.5. The van der Waals surface area contributed by atoms with E-state index in [2.05, 4.69) is 21.3 Å². The second-order valence-corrected chi connectivity index (χ2v) is 13.3. The van der Waals surface area contributed by atoms with Crippen LogP contribution in [0.3, 0.4) is 0 Å². The molecule has 0 aliphatic heterocycles. The van der Waals surface area contributed by atoms with Crippen LogP contribution in [0.4, 0.5) is 0 Å². The van der Waals surface area contributed by atoms with Gasteiger partial charge < -0.3 is 26.0 Å². The van der Waals surface area contributed by atoms with Crippen molar-refractivity contribution in [1.82, 2.24) is 21.3 Å². The van der Waals surface area contributed by atoms with Crippen LogP contribution in [-0.4, -0.2) is 54.1 Å². The van der Waals surface area contributed by atoms with E-state index in [1.165, 1.54) is 0 Å². The van der Waals surface area contributed by atoms with Crippen molar-refractivity contribution in [1.29, 1.82) is 0 Å². The van der Waals surface area contributed by atoms with Crippen molar-refractivity contribution in [2.75, 3.05) is 7.11 Å². The molecule has 0 bridgehead atoms. The molecule has 0 radical (unpaired) electrons. The summed E-state index contributed by atoms with van der Waals surface area (Å²) in [6, 6.07) is 31.0. The van der Waals surface area contributed by atoms with Crippen molar-refractivity contribution in [2.45, 2.75) is 62.7 Å². The van der Waals surface area contributed by atoms with Crippen molar-refractivity contribution >= 4 is 29.4 Å². The molecule has 2 atom stereocenters. The van der Waals surface area contributed by atoms with Gasteiger partial charge in [0.15, 0.2) is 0 Å². The molecular weight excluding hydrogens is 644 g/mol. The molecule has 0 spiro atoms. The van der Waals surface area contributed by atoms with E-state index >= 15 is 0 Å². The summed E-state index contributed by atoms with van der Waals surface area (Å²) in [5.74, 6) is -2.56. The predicted octanol–water partition coefficient (Wildman–Crippen LogP) is 3.40. The predicted molar refractivity (Wildman–Crippen MR) is 191 cm³/mol. The van der Waals surface area contributed by atoms with E-state index in [1.807, 2.05) is 84.9 Å². The summed E-state index contributed by atoms with van der Waals surface area (Å²) < 4.78 is 5.28. The lowest BCUT2D eigenvalue weighted by Crippen LogP contribution is -2.59. The topological polar surface area (TPSA) is 143 Å². The van der Waals surface area contributed by atoms with E-state index in [4.69, 9.17) is 4.74 Å². The number of ketones is 1. The van der Waals surface area contributed by atoms with Crippen molar-refractivity contribution in [2.24, 2.45) is 5.92 Å². The van der Waals surface area contributed by atoms with E-state index < -0.39 is 41.1 Å². The molecule has 4 aromatic rings. The minimum absolute atomic E-state index is 0.0666. The molecule has 0 unspecified atom stereocenters. The first-order chi connectivity index (χ1) is 24.7. The normalized spacial score (nSPS) is 15.4. The second-order valence-electron chi connectivity index (χ2n) is 13.3. The Balaban J connectivity index is 1.18. The minimum atomic E-state index is -1.20. The molecule has 51 heavy (non-hydrogen) atoms. The number of fused-ring (bicyclic) bond motifs is 1. The Morgan fingerprint density at radius 3 is 1.82 bits per heavy atom. The molecule has 0 aromatic heterocycles. The van der Waals surface area contributed by atoms with Gasteiger partial charge in [-0.05, 0) is 65.6 Å². The lowest BCUT2D eigenvalue weighted by atomic mass is 9.99. The van der Waals surface area contributed by atoms with E-state index in [-0.39, 0.29) is 31.2 Å². The maximum Gasteiger partial charge on any atom is 0.289 e. The summed E-state index contributed by atoms with van der Waals surface area (Å²) in [6.07, 6.45) is 2.26. The monoisotopic (exact) mass is 686 g/mol. The molecule has 6 rings (SSSR count). The van der Waals surface area contributed by atoms with Crippen LogP contribution in [0.15, 0.2) is 109 Å².